The van der Waals surface area contributed by atoms with E-state index in [1.54, 1.807) is 0 Å². The van der Waals surface area contributed by atoms with Gasteiger partial charge >= 0.3 is 0 Å². The third kappa shape index (κ3) is 2.84. The molecular weight excluding hydrogens is 258 g/mol. The molecule has 0 saturated carbocycles. The lowest BCUT2D eigenvalue weighted by Gasteiger charge is -2.30. The van der Waals surface area contributed by atoms with Gasteiger partial charge in [0.25, 0.3) is 0 Å². The second-order valence-corrected chi connectivity index (χ2v) is 8.27. The Hall–Kier alpha value is -0.870. The van der Waals surface area contributed by atoms with Gasteiger partial charge in [-0.2, -0.15) is 0 Å². The quantitative estimate of drug-likeness (QED) is 0.906. The van der Waals surface area contributed by atoms with E-state index in [1.807, 2.05) is 51.1 Å². The highest BCUT2D eigenvalue weighted by Crippen LogP contribution is 2.33. The fourth-order valence-corrected chi connectivity index (χ4v) is 5.29. The van der Waals surface area contributed by atoms with Crippen molar-refractivity contribution >= 4 is 9.84 Å². The Balaban J connectivity index is 2.46. The Morgan fingerprint density at radius 2 is 1.84 bits per heavy atom. The normalized spacial score (nSPS) is 31.1. The minimum absolute atomic E-state index is 0.100. The van der Waals surface area contributed by atoms with E-state index in [9.17, 15) is 8.42 Å². The average molecular weight is 281 g/mol. The highest BCUT2D eigenvalue weighted by molar-refractivity contribution is 7.92. The van der Waals surface area contributed by atoms with Crippen LogP contribution in [-0.2, 0) is 9.84 Å². The number of hydrogen-bond acceptors (Lipinski definition) is 3. The summed E-state index contributed by atoms with van der Waals surface area (Å²) in [5.74, 6) is 0.100. The van der Waals surface area contributed by atoms with Crippen LogP contribution < -0.4 is 5.32 Å². The van der Waals surface area contributed by atoms with Crippen LogP contribution in [0.1, 0.15) is 38.8 Å². The third-order valence-corrected chi connectivity index (χ3v) is 6.93. The predicted molar refractivity (Wildman–Crippen MR) is 78.8 cm³/mol. The second kappa shape index (κ2) is 5.63. The lowest BCUT2D eigenvalue weighted by Crippen LogP contribution is -2.40. The van der Waals surface area contributed by atoms with E-state index >= 15 is 0 Å². The van der Waals surface area contributed by atoms with Crippen molar-refractivity contribution in [3.63, 3.8) is 0 Å². The lowest BCUT2D eigenvalue weighted by molar-refractivity contribution is 0.434. The summed E-state index contributed by atoms with van der Waals surface area (Å²) in [5, 5.41) is 2.82. The van der Waals surface area contributed by atoms with Crippen LogP contribution in [0.2, 0.25) is 0 Å². The molecule has 1 aromatic rings. The smallest absolute Gasteiger partial charge is 0.157 e. The molecule has 0 aliphatic carbocycles. The monoisotopic (exact) mass is 281 g/mol. The van der Waals surface area contributed by atoms with Gasteiger partial charge in [-0.1, -0.05) is 44.2 Å². The van der Waals surface area contributed by atoms with E-state index in [2.05, 4.69) is 5.32 Å². The van der Waals surface area contributed by atoms with E-state index in [0.717, 1.165) is 12.1 Å². The Labute approximate surface area is 116 Å². The molecule has 0 bridgehead atoms. The zero-order valence-corrected chi connectivity index (χ0v) is 12.7. The van der Waals surface area contributed by atoms with E-state index in [4.69, 9.17) is 0 Å². The van der Waals surface area contributed by atoms with Crippen LogP contribution in [0, 0.1) is 5.92 Å². The van der Waals surface area contributed by atoms with Gasteiger partial charge in [-0.15, -0.1) is 0 Å². The van der Waals surface area contributed by atoms with Gasteiger partial charge in [-0.3, -0.25) is 0 Å². The zero-order chi connectivity index (χ0) is 14.0. The number of hydrogen-bond donors (Lipinski definition) is 1. The minimum atomic E-state index is -3.10. The lowest BCUT2D eigenvalue weighted by atomic mass is 9.96. The van der Waals surface area contributed by atoms with Gasteiger partial charge in [0, 0.05) is 6.04 Å². The van der Waals surface area contributed by atoms with Gasteiger partial charge in [-0.05, 0) is 31.4 Å². The first-order chi connectivity index (χ1) is 8.94. The molecule has 1 N–H and O–H groups in total. The van der Waals surface area contributed by atoms with Gasteiger partial charge in [0.15, 0.2) is 9.84 Å². The maximum atomic E-state index is 12.7. The molecule has 3 unspecified atom stereocenters. The largest absolute Gasteiger partial charge is 0.309 e. The second-order valence-electron chi connectivity index (χ2n) is 5.74. The van der Waals surface area contributed by atoms with Crippen LogP contribution in [0.4, 0.5) is 0 Å². The first-order valence-electron chi connectivity index (χ1n) is 6.95. The molecule has 2 rings (SSSR count). The van der Waals surface area contributed by atoms with E-state index in [-0.39, 0.29) is 22.5 Å². The Bertz CT molecular complexity index is 510. The van der Waals surface area contributed by atoms with Crippen molar-refractivity contribution in [1.82, 2.24) is 5.32 Å². The Kier molecular flexibility index (Phi) is 4.31. The maximum Gasteiger partial charge on any atom is 0.157 e. The van der Waals surface area contributed by atoms with E-state index in [0.29, 0.717) is 6.42 Å². The van der Waals surface area contributed by atoms with Gasteiger partial charge in [0.1, 0.15) is 0 Å². The zero-order valence-electron chi connectivity index (χ0n) is 11.8. The van der Waals surface area contributed by atoms with Crippen molar-refractivity contribution in [2.75, 3.05) is 6.54 Å². The molecule has 19 heavy (non-hydrogen) atoms. The SMILES string of the molecule is CC(C)C1C(c2ccccc2)NCCC(C)S1(=O)=O. The maximum absolute atomic E-state index is 12.7. The minimum Gasteiger partial charge on any atom is -0.309 e. The standard InChI is InChI=1S/C15H23NO2S/c1-11(2)15-14(13-7-5-4-6-8-13)16-10-9-12(3)19(15,17)18/h4-8,11-12,14-16H,9-10H2,1-3H3. The van der Waals surface area contributed by atoms with Gasteiger partial charge < -0.3 is 5.32 Å². The van der Waals surface area contributed by atoms with E-state index in [1.165, 1.54) is 0 Å². The Morgan fingerprint density at radius 3 is 2.42 bits per heavy atom. The summed E-state index contributed by atoms with van der Waals surface area (Å²) in [7, 11) is -3.10. The third-order valence-electron chi connectivity index (χ3n) is 4.00. The molecule has 1 aliphatic heterocycles. The summed E-state index contributed by atoms with van der Waals surface area (Å²) < 4.78 is 25.4. The summed E-state index contributed by atoms with van der Waals surface area (Å²) >= 11 is 0. The molecule has 0 radical (unpaired) electrons. The molecular formula is C15H23NO2S. The van der Waals surface area contributed by atoms with Crippen molar-refractivity contribution < 1.29 is 8.42 Å². The number of benzene rings is 1. The predicted octanol–water partition coefficient (Wildman–Crippen LogP) is 2.55. The van der Waals surface area contributed by atoms with Crippen molar-refractivity contribution in [3.05, 3.63) is 35.9 Å². The summed E-state index contributed by atoms with van der Waals surface area (Å²) in [6.07, 6.45) is 0.689. The molecule has 1 aliphatic rings. The Morgan fingerprint density at radius 1 is 1.21 bits per heavy atom. The fourth-order valence-electron chi connectivity index (χ4n) is 2.91. The summed E-state index contributed by atoms with van der Waals surface area (Å²) in [5.41, 5.74) is 1.07. The highest BCUT2D eigenvalue weighted by Gasteiger charge is 2.41. The van der Waals surface area contributed by atoms with Crippen LogP contribution in [0.15, 0.2) is 30.3 Å². The summed E-state index contributed by atoms with van der Waals surface area (Å²) in [6, 6.07) is 9.82. The van der Waals surface area contributed by atoms with Gasteiger partial charge in [0.2, 0.25) is 0 Å². The molecule has 0 amide bonds. The fraction of sp³-hybridized carbons (Fsp3) is 0.600. The number of nitrogens with one attached hydrogen (secondary N) is 1. The number of rotatable bonds is 2. The molecule has 1 aromatic carbocycles. The van der Waals surface area contributed by atoms with Crippen LogP contribution in [0.3, 0.4) is 0 Å². The van der Waals surface area contributed by atoms with Crippen LogP contribution >= 0.6 is 0 Å². The van der Waals surface area contributed by atoms with Crippen LogP contribution in [-0.4, -0.2) is 25.5 Å². The molecule has 1 saturated heterocycles. The highest BCUT2D eigenvalue weighted by atomic mass is 32.2. The molecule has 3 atom stereocenters. The molecule has 4 heteroatoms. The van der Waals surface area contributed by atoms with Crippen LogP contribution in [0.25, 0.3) is 0 Å². The van der Waals surface area contributed by atoms with Crippen molar-refractivity contribution in [3.8, 4) is 0 Å². The topological polar surface area (TPSA) is 46.2 Å². The van der Waals surface area contributed by atoms with Crippen molar-refractivity contribution in [1.29, 1.82) is 0 Å². The summed E-state index contributed by atoms with van der Waals surface area (Å²) in [6.45, 7) is 6.58. The molecule has 0 aromatic heterocycles. The first-order valence-corrected chi connectivity index (χ1v) is 8.56. The van der Waals surface area contributed by atoms with Gasteiger partial charge in [-0.25, -0.2) is 8.42 Å². The average Bonchev–Trinajstić information content (AvgIpc) is 2.48. The van der Waals surface area contributed by atoms with Crippen LogP contribution in [0.5, 0.6) is 0 Å². The molecule has 1 fully saturated rings. The molecule has 3 nitrogen and oxygen atoms in total. The van der Waals surface area contributed by atoms with Gasteiger partial charge in [0.05, 0.1) is 10.5 Å². The van der Waals surface area contributed by atoms with E-state index < -0.39 is 9.84 Å². The first kappa shape index (κ1) is 14.5. The van der Waals surface area contributed by atoms with Crippen molar-refractivity contribution in [2.45, 2.75) is 43.7 Å². The molecule has 106 valence electrons. The molecule has 1 heterocycles. The molecule has 0 spiro atoms. The summed E-state index contributed by atoms with van der Waals surface area (Å²) in [4.78, 5) is 0. The van der Waals surface area contributed by atoms with Crippen molar-refractivity contribution in [2.24, 2.45) is 5.92 Å². The number of sulfone groups is 1.